The van der Waals surface area contributed by atoms with Gasteiger partial charge in [0.2, 0.25) is 0 Å². The summed E-state index contributed by atoms with van der Waals surface area (Å²) in [6, 6.07) is 8.05. The molecule has 1 aliphatic rings. The first kappa shape index (κ1) is 17.9. The fourth-order valence-electron chi connectivity index (χ4n) is 2.14. The van der Waals surface area contributed by atoms with E-state index >= 15 is 0 Å². The average molecular weight is 434 g/mol. The van der Waals surface area contributed by atoms with E-state index in [4.69, 9.17) is 9.16 Å². The number of carbonyl (C=O) groups is 1. The van der Waals surface area contributed by atoms with E-state index in [1.807, 2.05) is 24.3 Å². The SMILES string of the molecule is CC(C)(C)[Si](C)(C)OC[N+]1(c2ccc(I)cc2)CCOC1=O. The molecule has 1 amide bonds. The van der Waals surface area contributed by atoms with E-state index in [9.17, 15) is 4.79 Å². The molecule has 0 N–H and O–H groups in total. The smallest absolute Gasteiger partial charge is 0.414 e. The van der Waals surface area contributed by atoms with E-state index < -0.39 is 8.32 Å². The van der Waals surface area contributed by atoms with Gasteiger partial charge in [-0.25, -0.2) is 0 Å². The molecular weight excluding hydrogens is 409 g/mol. The van der Waals surface area contributed by atoms with Crippen LogP contribution < -0.4 is 4.48 Å². The van der Waals surface area contributed by atoms with Crippen LogP contribution >= 0.6 is 22.6 Å². The molecular formula is C16H25INO3Si+. The lowest BCUT2D eigenvalue weighted by molar-refractivity contribution is 0.123. The highest BCUT2D eigenvalue weighted by molar-refractivity contribution is 14.1. The number of hydrogen-bond donors (Lipinski definition) is 0. The standard InChI is InChI=1S/C16H25INO3Si/c1-16(2,3)22(4,5)21-12-18(10-11-20-15(18)19)14-8-6-13(17)7-9-14/h6-9H,10-12H2,1-5H3/q+1. The largest absolute Gasteiger partial charge is 0.523 e. The van der Waals surface area contributed by atoms with Crippen molar-refractivity contribution in [3.8, 4) is 0 Å². The van der Waals surface area contributed by atoms with Gasteiger partial charge in [-0.3, -0.25) is 0 Å². The van der Waals surface area contributed by atoms with E-state index in [2.05, 4.69) is 56.5 Å². The molecule has 1 saturated heterocycles. The second-order valence-corrected chi connectivity index (χ2v) is 13.4. The van der Waals surface area contributed by atoms with Crippen molar-refractivity contribution in [3.63, 3.8) is 0 Å². The van der Waals surface area contributed by atoms with Crippen LogP contribution in [0.1, 0.15) is 20.8 Å². The highest BCUT2D eigenvalue weighted by Gasteiger charge is 2.49. The van der Waals surface area contributed by atoms with Gasteiger partial charge in [0.15, 0.2) is 15.0 Å². The first-order valence-electron chi connectivity index (χ1n) is 7.53. The van der Waals surface area contributed by atoms with E-state index in [0.717, 1.165) is 9.26 Å². The lowest BCUT2D eigenvalue weighted by Gasteiger charge is -2.38. The highest BCUT2D eigenvalue weighted by Crippen LogP contribution is 2.38. The van der Waals surface area contributed by atoms with Gasteiger partial charge in [-0.05, 0) is 52.9 Å². The van der Waals surface area contributed by atoms with Gasteiger partial charge in [-0.2, -0.15) is 9.28 Å². The first-order chi connectivity index (χ1) is 10.1. The molecule has 1 unspecified atom stereocenters. The van der Waals surface area contributed by atoms with E-state index in [0.29, 0.717) is 19.9 Å². The number of rotatable bonds is 4. The Bertz CT molecular complexity index is 554. The maximum absolute atomic E-state index is 12.4. The Morgan fingerprint density at radius 2 is 1.86 bits per heavy atom. The molecule has 22 heavy (non-hydrogen) atoms. The van der Waals surface area contributed by atoms with Crippen LogP contribution in [0.4, 0.5) is 10.5 Å². The zero-order valence-electron chi connectivity index (χ0n) is 14.0. The summed E-state index contributed by atoms with van der Waals surface area (Å²) in [6.45, 7) is 12.5. The normalized spacial score (nSPS) is 22.7. The Balaban J connectivity index is 2.28. The van der Waals surface area contributed by atoms with Crippen LogP contribution in [0.15, 0.2) is 24.3 Å². The minimum absolute atomic E-state index is 0.118. The fourth-order valence-corrected chi connectivity index (χ4v) is 3.48. The number of ether oxygens (including phenoxy) is 1. The minimum atomic E-state index is -1.92. The van der Waals surface area contributed by atoms with Crippen molar-refractivity contribution >= 4 is 42.7 Å². The van der Waals surface area contributed by atoms with Crippen molar-refractivity contribution < 1.29 is 14.0 Å². The molecule has 0 aromatic heterocycles. The van der Waals surface area contributed by atoms with Crippen LogP contribution in [-0.2, 0) is 9.16 Å². The summed E-state index contributed by atoms with van der Waals surface area (Å²) in [5.41, 5.74) is 0.946. The van der Waals surface area contributed by atoms with Crippen molar-refractivity contribution in [2.45, 2.75) is 38.9 Å². The Hall–Kier alpha value is -0.443. The summed E-state index contributed by atoms with van der Waals surface area (Å²) in [4.78, 5) is 12.4. The number of halogens is 1. The van der Waals surface area contributed by atoms with Gasteiger partial charge in [0.1, 0.15) is 18.8 Å². The molecule has 0 spiro atoms. The second kappa shape index (κ2) is 6.22. The maximum atomic E-state index is 12.4. The lowest BCUT2D eigenvalue weighted by Crippen LogP contribution is -2.55. The van der Waals surface area contributed by atoms with Gasteiger partial charge in [0.25, 0.3) is 0 Å². The van der Waals surface area contributed by atoms with Crippen LogP contribution in [0, 0.1) is 3.57 Å². The van der Waals surface area contributed by atoms with Crippen molar-refractivity contribution in [1.29, 1.82) is 0 Å². The molecule has 0 saturated carbocycles. The zero-order valence-corrected chi connectivity index (χ0v) is 17.1. The molecule has 6 heteroatoms. The van der Waals surface area contributed by atoms with Gasteiger partial charge in [0, 0.05) is 15.7 Å². The summed E-state index contributed by atoms with van der Waals surface area (Å²) in [7, 11) is -1.92. The van der Waals surface area contributed by atoms with Gasteiger partial charge in [-0.1, -0.05) is 20.8 Å². The third kappa shape index (κ3) is 3.39. The number of nitrogens with zero attached hydrogens (tertiary/aromatic N) is 1. The predicted octanol–water partition coefficient (Wildman–Crippen LogP) is 4.73. The van der Waals surface area contributed by atoms with Gasteiger partial charge >= 0.3 is 6.09 Å². The predicted molar refractivity (Wildman–Crippen MR) is 100 cm³/mol. The Morgan fingerprint density at radius 1 is 1.27 bits per heavy atom. The number of quaternary nitrogens is 1. The summed E-state index contributed by atoms with van der Waals surface area (Å²) < 4.78 is 12.9. The van der Waals surface area contributed by atoms with Gasteiger partial charge in [0.05, 0.1) is 0 Å². The minimum Gasteiger partial charge on any atom is -0.414 e. The summed E-state index contributed by atoms with van der Waals surface area (Å²) in [6.07, 6.45) is -0.208. The summed E-state index contributed by atoms with van der Waals surface area (Å²) in [5, 5.41) is 0.118. The van der Waals surface area contributed by atoms with Crippen LogP contribution in [-0.4, -0.2) is 34.3 Å². The third-order valence-corrected chi connectivity index (χ3v) is 10.0. The molecule has 0 aliphatic carbocycles. The number of hydrogen-bond acceptors (Lipinski definition) is 3. The van der Waals surface area contributed by atoms with Crippen LogP contribution in [0.2, 0.25) is 18.1 Å². The molecule has 2 rings (SSSR count). The van der Waals surface area contributed by atoms with E-state index in [1.165, 1.54) is 0 Å². The Kier molecular flexibility index (Phi) is 5.06. The number of cyclic esters (lactones) is 1. The molecule has 1 aromatic carbocycles. The fraction of sp³-hybridized carbons (Fsp3) is 0.562. The molecule has 0 radical (unpaired) electrons. The topological polar surface area (TPSA) is 35.5 Å². The number of benzene rings is 1. The molecule has 1 fully saturated rings. The van der Waals surface area contributed by atoms with Crippen LogP contribution in [0.3, 0.4) is 0 Å². The molecule has 0 bridgehead atoms. The first-order valence-corrected chi connectivity index (χ1v) is 11.5. The van der Waals surface area contributed by atoms with E-state index in [-0.39, 0.29) is 15.6 Å². The van der Waals surface area contributed by atoms with Crippen molar-refractivity contribution in [3.05, 3.63) is 27.8 Å². The molecule has 122 valence electrons. The lowest BCUT2D eigenvalue weighted by atomic mass is 10.2. The number of amides is 1. The third-order valence-electron chi connectivity index (χ3n) is 4.82. The average Bonchev–Trinajstić information content (AvgIpc) is 2.78. The van der Waals surface area contributed by atoms with Crippen LogP contribution in [0.5, 0.6) is 0 Å². The highest BCUT2D eigenvalue weighted by atomic mass is 127. The molecule has 1 aromatic rings. The number of carbonyl (C=O) groups excluding carboxylic acids is 1. The zero-order chi connectivity index (χ0) is 16.6. The molecule has 4 nitrogen and oxygen atoms in total. The molecule has 1 heterocycles. The van der Waals surface area contributed by atoms with Gasteiger partial charge in [-0.15, -0.1) is 0 Å². The van der Waals surface area contributed by atoms with Gasteiger partial charge < -0.3 is 9.16 Å². The Morgan fingerprint density at radius 3 is 2.32 bits per heavy atom. The quantitative estimate of drug-likeness (QED) is 0.391. The summed E-state index contributed by atoms with van der Waals surface area (Å²) >= 11 is 2.27. The second-order valence-electron chi connectivity index (χ2n) is 7.32. The van der Waals surface area contributed by atoms with Crippen molar-refractivity contribution in [2.75, 3.05) is 19.9 Å². The van der Waals surface area contributed by atoms with Crippen LogP contribution in [0.25, 0.3) is 0 Å². The van der Waals surface area contributed by atoms with Crippen molar-refractivity contribution in [2.24, 2.45) is 0 Å². The maximum Gasteiger partial charge on any atom is 0.523 e. The summed E-state index contributed by atoms with van der Waals surface area (Å²) in [5.74, 6) is 0. The van der Waals surface area contributed by atoms with E-state index in [1.54, 1.807) is 0 Å². The monoisotopic (exact) mass is 434 g/mol. The molecule has 1 aliphatic heterocycles. The molecule has 1 atom stereocenters. The Labute approximate surface area is 147 Å². The van der Waals surface area contributed by atoms with Crippen molar-refractivity contribution in [1.82, 2.24) is 4.48 Å².